The average Bonchev–Trinajstić information content (AvgIpc) is 3.35. The fraction of sp³-hybridized carbons (Fsp3) is 0.0800. The van der Waals surface area contributed by atoms with Crippen molar-refractivity contribution < 1.29 is 9.53 Å². The molecule has 128 valence electrons. The van der Waals surface area contributed by atoms with Crippen molar-refractivity contribution in [2.75, 3.05) is 0 Å². The second kappa shape index (κ2) is 6.39. The van der Waals surface area contributed by atoms with Gasteiger partial charge in [0, 0.05) is 22.3 Å². The number of hydrogen-bond acceptors (Lipinski definition) is 2. The van der Waals surface area contributed by atoms with Crippen molar-refractivity contribution >= 4 is 5.78 Å². The molecule has 0 N–H and O–H groups in total. The molecule has 3 aromatic rings. The maximum atomic E-state index is 12.8. The summed E-state index contributed by atoms with van der Waals surface area (Å²) in [7, 11) is 0. The predicted octanol–water partition coefficient (Wildman–Crippen LogP) is 5.00. The molecule has 0 aromatic heterocycles. The Balaban J connectivity index is 1.38. The molecule has 0 radical (unpaired) electrons. The van der Waals surface area contributed by atoms with E-state index in [2.05, 4.69) is 24.0 Å². The lowest BCUT2D eigenvalue weighted by atomic mass is 9.92. The van der Waals surface area contributed by atoms with Crippen LogP contribution < -0.4 is 0 Å². The lowest BCUT2D eigenvalue weighted by Gasteiger charge is -2.09. The number of rotatable bonds is 2. The van der Waals surface area contributed by atoms with Crippen LogP contribution in [0.2, 0.25) is 0 Å². The SMILES string of the molecule is O=C(c1ccc(C#Cc2ccccc2)cc1)c1ccc2c(c1)C1C=CC2O1. The Kier molecular flexibility index (Phi) is 3.74. The molecule has 2 nitrogen and oxygen atoms in total. The number of ketones is 1. The first-order chi connectivity index (χ1) is 13.3. The Hall–Kier alpha value is -3.41. The van der Waals surface area contributed by atoms with Gasteiger partial charge >= 0.3 is 0 Å². The minimum absolute atomic E-state index is 0.00612. The van der Waals surface area contributed by atoms with Crippen molar-refractivity contribution in [3.8, 4) is 11.8 Å². The van der Waals surface area contributed by atoms with Crippen LogP contribution in [-0.2, 0) is 4.74 Å². The quantitative estimate of drug-likeness (QED) is 0.370. The van der Waals surface area contributed by atoms with Crippen LogP contribution in [0.25, 0.3) is 0 Å². The number of carbonyl (C=O) groups is 1. The second-order valence-corrected chi connectivity index (χ2v) is 6.73. The van der Waals surface area contributed by atoms with Gasteiger partial charge in [-0.1, -0.05) is 54.3 Å². The summed E-state index contributed by atoms with van der Waals surface area (Å²) in [6.45, 7) is 0. The molecule has 0 fully saturated rings. The Labute approximate surface area is 158 Å². The fourth-order valence-electron chi connectivity index (χ4n) is 3.56. The minimum Gasteiger partial charge on any atom is -0.357 e. The molecular formula is C25H16O2. The largest absolute Gasteiger partial charge is 0.357 e. The molecule has 2 unspecified atom stereocenters. The number of fused-ring (bicyclic) bond motifs is 5. The van der Waals surface area contributed by atoms with Gasteiger partial charge in [-0.3, -0.25) is 4.79 Å². The van der Waals surface area contributed by atoms with E-state index in [1.807, 2.05) is 72.8 Å². The van der Waals surface area contributed by atoms with E-state index in [4.69, 9.17) is 4.74 Å². The summed E-state index contributed by atoms with van der Waals surface area (Å²) >= 11 is 0. The number of benzene rings is 3. The van der Waals surface area contributed by atoms with Crippen molar-refractivity contribution in [2.45, 2.75) is 12.2 Å². The van der Waals surface area contributed by atoms with Gasteiger partial charge in [0.1, 0.15) is 12.2 Å². The molecule has 0 saturated heterocycles. The van der Waals surface area contributed by atoms with Crippen LogP contribution in [0.1, 0.15) is 50.4 Å². The first-order valence-electron chi connectivity index (χ1n) is 8.97. The molecule has 2 bridgehead atoms. The van der Waals surface area contributed by atoms with Crippen LogP contribution >= 0.6 is 0 Å². The minimum atomic E-state index is -0.00612. The molecule has 2 aliphatic heterocycles. The molecule has 0 amide bonds. The van der Waals surface area contributed by atoms with E-state index >= 15 is 0 Å². The van der Waals surface area contributed by atoms with Crippen molar-refractivity contribution in [2.24, 2.45) is 0 Å². The van der Waals surface area contributed by atoms with Crippen molar-refractivity contribution in [3.05, 3.63) is 118 Å². The summed E-state index contributed by atoms with van der Waals surface area (Å²) in [6.07, 6.45) is 4.18. The lowest BCUT2D eigenvalue weighted by molar-refractivity contribution is 0.0878. The van der Waals surface area contributed by atoms with Gasteiger partial charge in [0.15, 0.2) is 5.78 Å². The topological polar surface area (TPSA) is 26.3 Å². The predicted molar refractivity (Wildman–Crippen MR) is 104 cm³/mol. The summed E-state index contributed by atoms with van der Waals surface area (Å²) in [4.78, 5) is 12.8. The van der Waals surface area contributed by atoms with Crippen LogP contribution in [0.3, 0.4) is 0 Å². The highest BCUT2D eigenvalue weighted by Crippen LogP contribution is 2.45. The number of ether oxygens (including phenoxy) is 1. The molecular weight excluding hydrogens is 332 g/mol. The van der Waals surface area contributed by atoms with Crippen LogP contribution in [0.5, 0.6) is 0 Å². The van der Waals surface area contributed by atoms with E-state index in [0.29, 0.717) is 11.1 Å². The van der Waals surface area contributed by atoms with Gasteiger partial charge in [-0.15, -0.1) is 0 Å². The molecule has 0 saturated carbocycles. The van der Waals surface area contributed by atoms with Crippen molar-refractivity contribution in [1.82, 2.24) is 0 Å². The second-order valence-electron chi connectivity index (χ2n) is 6.73. The van der Waals surface area contributed by atoms with Crippen molar-refractivity contribution in [3.63, 3.8) is 0 Å². The van der Waals surface area contributed by atoms with Gasteiger partial charge in [0.05, 0.1) is 0 Å². The smallest absolute Gasteiger partial charge is 0.193 e. The molecule has 2 heterocycles. The van der Waals surface area contributed by atoms with E-state index < -0.39 is 0 Å². The van der Waals surface area contributed by atoms with Crippen LogP contribution in [0.15, 0.2) is 84.9 Å². The highest BCUT2D eigenvalue weighted by Gasteiger charge is 2.33. The fourth-order valence-corrected chi connectivity index (χ4v) is 3.56. The van der Waals surface area contributed by atoms with Crippen LogP contribution in [0, 0.1) is 11.8 Å². The Morgan fingerprint density at radius 2 is 1.33 bits per heavy atom. The molecule has 0 spiro atoms. The Morgan fingerprint density at radius 1 is 0.704 bits per heavy atom. The van der Waals surface area contributed by atoms with Gasteiger partial charge in [-0.25, -0.2) is 0 Å². The van der Waals surface area contributed by atoms with Gasteiger partial charge in [0.2, 0.25) is 0 Å². The van der Waals surface area contributed by atoms with Crippen LogP contribution in [0.4, 0.5) is 0 Å². The van der Waals surface area contributed by atoms with E-state index in [1.165, 1.54) is 5.56 Å². The highest BCUT2D eigenvalue weighted by atomic mass is 16.5. The summed E-state index contributed by atoms with van der Waals surface area (Å²) in [5.41, 5.74) is 5.51. The molecule has 3 aromatic carbocycles. The molecule has 27 heavy (non-hydrogen) atoms. The van der Waals surface area contributed by atoms with Gasteiger partial charge in [0.25, 0.3) is 0 Å². The summed E-state index contributed by atoms with van der Waals surface area (Å²) < 4.78 is 5.82. The molecule has 2 aliphatic rings. The Bertz CT molecular complexity index is 1110. The monoisotopic (exact) mass is 348 g/mol. The maximum Gasteiger partial charge on any atom is 0.193 e. The molecule has 5 rings (SSSR count). The van der Waals surface area contributed by atoms with Crippen LogP contribution in [-0.4, -0.2) is 5.78 Å². The molecule has 2 atom stereocenters. The summed E-state index contributed by atoms with van der Waals surface area (Å²) in [5, 5.41) is 0. The number of hydrogen-bond donors (Lipinski definition) is 0. The first-order valence-corrected chi connectivity index (χ1v) is 8.97. The lowest BCUT2D eigenvalue weighted by Crippen LogP contribution is -2.03. The normalized spacial score (nSPS) is 18.7. The standard InChI is InChI=1S/C25H16O2/c26-25(20-12-13-21-22(16-20)24-15-14-23(21)27-24)19-10-8-18(9-11-19)7-6-17-4-2-1-3-5-17/h1-5,8-16,23-24H. The number of carbonyl (C=O) groups excluding carboxylic acids is 1. The average molecular weight is 348 g/mol. The van der Waals surface area contributed by atoms with E-state index in [9.17, 15) is 4.79 Å². The Morgan fingerprint density at radius 3 is 2.07 bits per heavy atom. The zero-order valence-corrected chi connectivity index (χ0v) is 14.6. The van der Waals surface area contributed by atoms with Crippen molar-refractivity contribution in [1.29, 1.82) is 0 Å². The zero-order valence-electron chi connectivity index (χ0n) is 14.6. The zero-order chi connectivity index (χ0) is 18.2. The van der Waals surface area contributed by atoms with E-state index in [0.717, 1.165) is 16.7 Å². The molecule has 0 aliphatic carbocycles. The van der Waals surface area contributed by atoms with E-state index in [1.54, 1.807) is 0 Å². The van der Waals surface area contributed by atoms with Gasteiger partial charge in [-0.05, 0) is 53.6 Å². The van der Waals surface area contributed by atoms with Gasteiger partial charge in [-0.2, -0.15) is 0 Å². The summed E-state index contributed by atoms with van der Waals surface area (Å²) in [5.74, 6) is 6.28. The maximum absolute atomic E-state index is 12.8. The summed E-state index contributed by atoms with van der Waals surface area (Å²) in [6, 6.07) is 23.2. The highest BCUT2D eigenvalue weighted by molar-refractivity contribution is 6.09. The molecule has 2 heteroatoms. The third-order valence-corrected chi connectivity index (χ3v) is 4.99. The van der Waals surface area contributed by atoms with Gasteiger partial charge < -0.3 is 4.74 Å². The third-order valence-electron chi connectivity index (χ3n) is 4.99. The van der Waals surface area contributed by atoms with E-state index in [-0.39, 0.29) is 18.0 Å². The first kappa shape index (κ1) is 15.8. The third kappa shape index (κ3) is 2.89.